The molecule has 0 saturated carbocycles. The molecule has 0 fully saturated rings. The lowest BCUT2D eigenvalue weighted by Gasteiger charge is -2.12. The molecule has 0 aliphatic rings. The summed E-state index contributed by atoms with van der Waals surface area (Å²) in [5.41, 5.74) is 6.41. The van der Waals surface area contributed by atoms with Gasteiger partial charge in [0.05, 0.1) is 19.9 Å². The third kappa shape index (κ3) is 4.14. The molecule has 0 heterocycles. The Morgan fingerprint density at radius 1 is 1.39 bits per heavy atom. The summed E-state index contributed by atoms with van der Waals surface area (Å²) >= 11 is 0. The van der Waals surface area contributed by atoms with Crippen LogP contribution in [0.1, 0.15) is 6.42 Å². The number of hydrogen-bond donors (Lipinski definition) is 3. The van der Waals surface area contributed by atoms with Gasteiger partial charge < -0.3 is 25.6 Å². The Labute approximate surface area is 106 Å². The van der Waals surface area contributed by atoms with Gasteiger partial charge in [0.25, 0.3) is 0 Å². The van der Waals surface area contributed by atoms with E-state index in [1.165, 1.54) is 0 Å². The highest BCUT2D eigenvalue weighted by Gasteiger charge is 2.05. The number of aliphatic hydroxyl groups is 1. The zero-order chi connectivity index (χ0) is 13.4. The lowest BCUT2D eigenvalue weighted by molar-refractivity contribution is 0.291. The minimum atomic E-state index is 0.0965. The van der Waals surface area contributed by atoms with Crippen molar-refractivity contribution in [3.63, 3.8) is 0 Å². The zero-order valence-corrected chi connectivity index (χ0v) is 10.6. The molecule has 0 spiro atoms. The van der Waals surface area contributed by atoms with Crippen LogP contribution in [-0.2, 0) is 0 Å². The monoisotopic (exact) mass is 253 g/mol. The van der Waals surface area contributed by atoms with Crippen molar-refractivity contribution in [2.45, 2.75) is 6.42 Å². The summed E-state index contributed by atoms with van der Waals surface area (Å²) in [5.74, 6) is 1.62. The summed E-state index contributed by atoms with van der Waals surface area (Å²) < 4.78 is 10.3. The van der Waals surface area contributed by atoms with Crippen molar-refractivity contribution in [1.29, 1.82) is 0 Å². The molecule has 100 valence electrons. The molecule has 0 aromatic heterocycles. The Hall–Kier alpha value is -1.95. The highest BCUT2D eigenvalue weighted by Crippen LogP contribution is 2.28. The number of nitrogens with one attached hydrogen (secondary N) is 1. The number of hydrogen-bond acceptors (Lipinski definition) is 4. The Balaban J connectivity index is 2.78. The van der Waals surface area contributed by atoms with Gasteiger partial charge in [-0.25, -0.2) is 0 Å². The molecular weight excluding hydrogens is 234 g/mol. The number of rotatable bonds is 6. The number of ether oxygens (including phenoxy) is 2. The standard InChI is InChI=1S/C12H19N3O3/c1-17-9-4-5-11(18-2)10(8-9)15-12(13)14-6-3-7-16/h4-5,8,16H,3,6-7H2,1-2H3,(H3,13,14,15). The summed E-state index contributed by atoms with van der Waals surface area (Å²) in [5, 5.41) is 11.6. The van der Waals surface area contributed by atoms with Crippen molar-refractivity contribution >= 4 is 11.6 Å². The molecule has 6 heteroatoms. The van der Waals surface area contributed by atoms with E-state index in [4.69, 9.17) is 20.3 Å². The number of anilines is 1. The van der Waals surface area contributed by atoms with Crippen molar-refractivity contribution in [3.8, 4) is 11.5 Å². The molecule has 1 aromatic rings. The largest absolute Gasteiger partial charge is 0.497 e. The van der Waals surface area contributed by atoms with Gasteiger partial charge in [-0.3, -0.25) is 4.99 Å². The van der Waals surface area contributed by atoms with Crippen LogP contribution < -0.4 is 20.5 Å². The van der Waals surface area contributed by atoms with Crippen LogP contribution in [0.3, 0.4) is 0 Å². The third-order valence-electron chi connectivity index (χ3n) is 2.27. The Morgan fingerprint density at radius 3 is 2.78 bits per heavy atom. The molecule has 1 aromatic carbocycles. The van der Waals surface area contributed by atoms with Gasteiger partial charge >= 0.3 is 0 Å². The first-order chi connectivity index (χ1) is 8.71. The maximum Gasteiger partial charge on any atom is 0.193 e. The van der Waals surface area contributed by atoms with Crippen molar-refractivity contribution in [2.24, 2.45) is 10.7 Å². The highest BCUT2D eigenvalue weighted by atomic mass is 16.5. The zero-order valence-electron chi connectivity index (χ0n) is 10.6. The van der Waals surface area contributed by atoms with Crippen LogP contribution in [0, 0.1) is 0 Å². The van der Waals surface area contributed by atoms with Crippen molar-refractivity contribution in [1.82, 2.24) is 0 Å². The lowest BCUT2D eigenvalue weighted by Crippen LogP contribution is -2.23. The molecule has 0 unspecified atom stereocenters. The van der Waals surface area contributed by atoms with Gasteiger partial charge in [-0.2, -0.15) is 0 Å². The van der Waals surface area contributed by atoms with E-state index in [1.807, 2.05) is 0 Å². The van der Waals surface area contributed by atoms with E-state index in [-0.39, 0.29) is 12.6 Å². The third-order valence-corrected chi connectivity index (χ3v) is 2.27. The molecular formula is C12H19N3O3. The van der Waals surface area contributed by atoms with Crippen LogP contribution in [0.15, 0.2) is 23.2 Å². The lowest BCUT2D eigenvalue weighted by atomic mass is 10.2. The predicted molar refractivity (Wildman–Crippen MR) is 71.4 cm³/mol. The second kappa shape index (κ2) is 7.39. The molecule has 0 atom stereocenters. The number of nitrogens with zero attached hydrogens (tertiary/aromatic N) is 1. The quantitative estimate of drug-likeness (QED) is 0.396. The first kappa shape index (κ1) is 14.1. The van der Waals surface area contributed by atoms with E-state index in [0.29, 0.717) is 30.2 Å². The number of nitrogens with two attached hydrogens (primary N) is 1. The fraction of sp³-hybridized carbons (Fsp3) is 0.417. The second-order valence-electron chi connectivity index (χ2n) is 3.54. The second-order valence-corrected chi connectivity index (χ2v) is 3.54. The summed E-state index contributed by atoms with van der Waals surface area (Å²) in [6, 6.07) is 5.35. The normalized spacial score (nSPS) is 11.2. The topological polar surface area (TPSA) is 89.1 Å². The predicted octanol–water partition coefficient (Wildman–Crippen LogP) is 0.813. The Morgan fingerprint density at radius 2 is 2.17 bits per heavy atom. The van der Waals surface area contributed by atoms with E-state index in [9.17, 15) is 0 Å². The SMILES string of the molecule is COc1ccc(OC)c(NC(N)=NCCCO)c1. The number of methoxy groups -OCH3 is 2. The van der Waals surface area contributed by atoms with Crippen LogP contribution >= 0.6 is 0 Å². The molecule has 0 amide bonds. The molecule has 0 bridgehead atoms. The Bertz CT molecular complexity index is 408. The fourth-order valence-electron chi connectivity index (χ4n) is 1.36. The van der Waals surface area contributed by atoms with Gasteiger partial charge in [-0.05, 0) is 18.6 Å². The van der Waals surface area contributed by atoms with E-state index in [0.717, 1.165) is 0 Å². The average molecular weight is 253 g/mol. The number of guanidine groups is 1. The first-order valence-electron chi connectivity index (χ1n) is 5.61. The van der Waals surface area contributed by atoms with Crippen molar-refractivity contribution in [2.75, 3.05) is 32.7 Å². The minimum absolute atomic E-state index is 0.0965. The summed E-state index contributed by atoms with van der Waals surface area (Å²) in [7, 11) is 3.16. The maximum absolute atomic E-state index is 8.65. The molecule has 0 radical (unpaired) electrons. The van der Waals surface area contributed by atoms with Crippen LogP contribution in [0.25, 0.3) is 0 Å². The van der Waals surface area contributed by atoms with Crippen molar-refractivity contribution in [3.05, 3.63) is 18.2 Å². The number of aliphatic imine (C=N–C) groups is 1. The molecule has 1 rings (SSSR count). The molecule has 0 saturated heterocycles. The van der Waals surface area contributed by atoms with E-state index in [1.54, 1.807) is 32.4 Å². The molecule has 6 nitrogen and oxygen atoms in total. The van der Waals surface area contributed by atoms with Gasteiger partial charge in [0.2, 0.25) is 0 Å². The fourth-order valence-corrected chi connectivity index (χ4v) is 1.36. The highest BCUT2D eigenvalue weighted by molar-refractivity contribution is 5.93. The van der Waals surface area contributed by atoms with Crippen LogP contribution in [-0.4, -0.2) is 38.4 Å². The Kier molecular flexibility index (Phi) is 5.79. The van der Waals surface area contributed by atoms with Crippen LogP contribution in [0.5, 0.6) is 11.5 Å². The first-order valence-corrected chi connectivity index (χ1v) is 5.61. The van der Waals surface area contributed by atoms with E-state index in [2.05, 4.69) is 10.3 Å². The minimum Gasteiger partial charge on any atom is -0.497 e. The number of aliphatic hydroxyl groups excluding tert-OH is 1. The smallest absolute Gasteiger partial charge is 0.193 e. The van der Waals surface area contributed by atoms with E-state index < -0.39 is 0 Å². The molecule has 0 aliphatic heterocycles. The van der Waals surface area contributed by atoms with Crippen molar-refractivity contribution < 1.29 is 14.6 Å². The van der Waals surface area contributed by atoms with Gasteiger partial charge in [0.15, 0.2) is 5.96 Å². The summed E-state index contributed by atoms with van der Waals surface area (Å²) in [6.45, 7) is 0.570. The maximum atomic E-state index is 8.65. The summed E-state index contributed by atoms with van der Waals surface area (Å²) in [6.07, 6.45) is 0.581. The van der Waals surface area contributed by atoms with Gasteiger partial charge in [-0.15, -0.1) is 0 Å². The van der Waals surface area contributed by atoms with Gasteiger partial charge in [0, 0.05) is 19.2 Å². The van der Waals surface area contributed by atoms with Crippen LogP contribution in [0.4, 0.5) is 5.69 Å². The summed E-state index contributed by atoms with van der Waals surface area (Å²) in [4.78, 5) is 4.07. The van der Waals surface area contributed by atoms with E-state index >= 15 is 0 Å². The van der Waals surface area contributed by atoms with Gasteiger partial charge in [-0.1, -0.05) is 0 Å². The average Bonchev–Trinajstić information content (AvgIpc) is 2.39. The number of benzene rings is 1. The molecule has 18 heavy (non-hydrogen) atoms. The van der Waals surface area contributed by atoms with Crippen LogP contribution in [0.2, 0.25) is 0 Å². The molecule has 4 N–H and O–H groups in total. The molecule has 0 aliphatic carbocycles. The van der Waals surface area contributed by atoms with Gasteiger partial charge in [0.1, 0.15) is 11.5 Å².